The van der Waals surface area contributed by atoms with Crippen LogP contribution in [0.2, 0.25) is 0 Å². The highest BCUT2D eigenvalue weighted by molar-refractivity contribution is 5.94. The van der Waals surface area contributed by atoms with Crippen LogP contribution < -0.4 is 15.1 Å². The van der Waals surface area contributed by atoms with Gasteiger partial charge in [-0.25, -0.2) is 15.0 Å². The monoisotopic (exact) mass is 520 g/mol. The molecular weight excluding hydrogens is 484 g/mol. The van der Waals surface area contributed by atoms with Crippen molar-refractivity contribution in [2.45, 2.75) is 38.0 Å². The summed E-state index contributed by atoms with van der Waals surface area (Å²) in [5, 5.41) is 4.72. The van der Waals surface area contributed by atoms with E-state index in [0.29, 0.717) is 5.92 Å². The molecule has 0 radical (unpaired) electrons. The third-order valence-corrected chi connectivity index (χ3v) is 8.29. The summed E-state index contributed by atoms with van der Waals surface area (Å²) in [7, 11) is 2.19. The molecule has 0 bridgehead atoms. The van der Waals surface area contributed by atoms with Gasteiger partial charge >= 0.3 is 0 Å². The van der Waals surface area contributed by atoms with Crippen LogP contribution in [0, 0.1) is 0 Å². The van der Waals surface area contributed by atoms with E-state index in [0.717, 1.165) is 73.5 Å². The van der Waals surface area contributed by atoms with Gasteiger partial charge in [-0.1, -0.05) is 6.07 Å². The Morgan fingerprint density at radius 2 is 1.69 bits per heavy atom. The highest BCUT2D eigenvalue weighted by Crippen LogP contribution is 2.45. The first-order valence-corrected chi connectivity index (χ1v) is 14.4. The number of nitrogens with zero attached hydrogens (tertiary/aromatic N) is 7. The molecule has 2 aliphatic heterocycles. The number of aromatic nitrogens is 4. The van der Waals surface area contributed by atoms with Crippen LogP contribution in [0.25, 0.3) is 22.3 Å². The number of fused-ring (bicyclic) bond motifs is 1. The maximum Gasteiger partial charge on any atom is 0.162 e. The zero-order valence-corrected chi connectivity index (χ0v) is 22.7. The average molecular weight is 521 g/mol. The minimum absolute atomic E-state index is 0.595. The Morgan fingerprint density at radius 1 is 0.846 bits per heavy atom. The first-order chi connectivity index (χ1) is 19.2. The van der Waals surface area contributed by atoms with Gasteiger partial charge in [0.15, 0.2) is 5.82 Å². The van der Waals surface area contributed by atoms with Crippen molar-refractivity contribution in [1.29, 1.82) is 0 Å². The van der Waals surface area contributed by atoms with Gasteiger partial charge in [0.25, 0.3) is 0 Å². The molecule has 1 aromatic carbocycles. The standard InChI is InChI=1S/C31H36N8/c1-37-14-16-38(17-15-37)25-7-5-6-24(19-25)34-28-18-23(10-11-33-28)30-35-27-21-32-20-26(22-8-9-22)29(27)31(36-30)39-12-3-2-4-13-39/h5-7,10-11,18-22H,2-4,8-9,12-17H2,1H3,(H,33,34). The van der Waals surface area contributed by atoms with Crippen molar-refractivity contribution in [3.63, 3.8) is 0 Å². The van der Waals surface area contributed by atoms with Crippen molar-refractivity contribution >= 4 is 33.9 Å². The van der Waals surface area contributed by atoms with Crippen LogP contribution in [0.15, 0.2) is 55.0 Å². The second-order valence-electron chi connectivity index (χ2n) is 11.2. The molecule has 200 valence electrons. The molecule has 39 heavy (non-hydrogen) atoms. The van der Waals surface area contributed by atoms with Gasteiger partial charge in [-0.3, -0.25) is 4.98 Å². The lowest BCUT2D eigenvalue weighted by atomic mass is 10.1. The predicted octanol–water partition coefficient (Wildman–Crippen LogP) is 5.45. The normalized spacial score (nSPS) is 18.5. The summed E-state index contributed by atoms with van der Waals surface area (Å²) in [6.07, 6.45) is 12.0. The molecule has 7 rings (SSSR count). The molecule has 0 spiro atoms. The number of piperidine rings is 1. The lowest BCUT2D eigenvalue weighted by molar-refractivity contribution is 0.313. The van der Waals surface area contributed by atoms with Crippen LogP contribution in [-0.4, -0.2) is 71.2 Å². The van der Waals surface area contributed by atoms with E-state index in [1.54, 1.807) is 0 Å². The van der Waals surface area contributed by atoms with Crippen LogP contribution in [0.5, 0.6) is 0 Å². The highest BCUT2D eigenvalue weighted by Gasteiger charge is 2.29. The largest absolute Gasteiger partial charge is 0.369 e. The summed E-state index contributed by atoms with van der Waals surface area (Å²) >= 11 is 0. The number of pyridine rings is 2. The van der Waals surface area contributed by atoms with E-state index in [9.17, 15) is 0 Å². The predicted molar refractivity (Wildman–Crippen MR) is 158 cm³/mol. The number of rotatable bonds is 6. The van der Waals surface area contributed by atoms with Gasteiger partial charge in [0, 0.05) is 74.0 Å². The molecule has 1 saturated carbocycles. The summed E-state index contributed by atoms with van der Waals surface area (Å²) in [5.74, 6) is 3.19. The number of hydrogen-bond acceptors (Lipinski definition) is 8. The Kier molecular flexibility index (Phi) is 6.48. The molecule has 5 heterocycles. The Bertz CT molecular complexity index is 1470. The van der Waals surface area contributed by atoms with Crippen LogP contribution in [-0.2, 0) is 0 Å². The minimum Gasteiger partial charge on any atom is -0.369 e. The Morgan fingerprint density at radius 3 is 2.51 bits per heavy atom. The molecule has 1 aliphatic carbocycles. The van der Waals surface area contributed by atoms with Crippen molar-refractivity contribution in [2.24, 2.45) is 0 Å². The fourth-order valence-corrected chi connectivity index (χ4v) is 5.89. The van der Waals surface area contributed by atoms with Gasteiger partial charge < -0.3 is 20.0 Å². The van der Waals surface area contributed by atoms with Crippen LogP contribution in [0.3, 0.4) is 0 Å². The van der Waals surface area contributed by atoms with Crippen LogP contribution >= 0.6 is 0 Å². The molecule has 2 saturated heterocycles. The second kappa shape index (κ2) is 10.4. The SMILES string of the molecule is CN1CCN(c2cccc(Nc3cc(-c4nc(N5CCCCC5)c5c(C6CC6)cncc5n4)ccn3)c2)CC1. The van der Waals surface area contributed by atoms with E-state index in [1.807, 2.05) is 24.7 Å². The smallest absolute Gasteiger partial charge is 0.162 e. The number of hydrogen-bond donors (Lipinski definition) is 1. The summed E-state index contributed by atoms with van der Waals surface area (Å²) in [5.41, 5.74) is 5.49. The molecule has 0 unspecified atom stereocenters. The van der Waals surface area contributed by atoms with Crippen molar-refractivity contribution in [2.75, 3.05) is 61.4 Å². The number of anilines is 4. The Balaban J connectivity index is 1.21. The fraction of sp³-hybridized carbons (Fsp3) is 0.419. The third kappa shape index (κ3) is 5.13. The lowest BCUT2D eigenvalue weighted by Crippen LogP contribution is -2.44. The van der Waals surface area contributed by atoms with Crippen LogP contribution in [0.4, 0.5) is 23.0 Å². The van der Waals surface area contributed by atoms with Crippen LogP contribution in [0.1, 0.15) is 43.6 Å². The molecule has 3 aliphatic rings. The third-order valence-electron chi connectivity index (χ3n) is 8.29. The van der Waals surface area contributed by atoms with E-state index in [2.05, 4.69) is 67.4 Å². The van der Waals surface area contributed by atoms with E-state index < -0.39 is 0 Å². The number of nitrogens with one attached hydrogen (secondary N) is 1. The van der Waals surface area contributed by atoms with E-state index in [4.69, 9.17) is 9.97 Å². The highest BCUT2D eigenvalue weighted by atomic mass is 15.2. The first-order valence-electron chi connectivity index (χ1n) is 14.4. The van der Waals surface area contributed by atoms with Gasteiger partial charge in [-0.2, -0.15) is 0 Å². The second-order valence-corrected chi connectivity index (χ2v) is 11.2. The van der Waals surface area contributed by atoms with E-state index >= 15 is 0 Å². The number of likely N-dealkylation sites (N-methyl/N-ethyl adjacent to an activating group) is 1. The number of piperazine rings is 1. The Hall–Kier alpha value is -3.78. The molecule has 4 aromatic rings. The van der Waals surface area contributed by atoms with E-state index in [-0.39, 0.29) is 0 Å². The van der Waals surface area contributed by atoms with Crippen molar-refractivity contribution < 1.29 is 0 Å². The summed E-state index contributed by atoms with van der Waals surface area (Å²) in [6.45, 7) is 6.36. The van der Waals surface area contributed by atoms with Crippen molar-refractivity contribution in [3.05, 3.63) is 60.6 Å². The van der Waals surface area contributed by atoms with Crippen molar-refractivity contribution in [1.82, 2.24) is 24.8 Å². The zero-order chi connectivity index (χ0) is 26.2. The van der Waals surface area contributed by atoms with Gasteiger partial charge in [0.05, 0.1) is 11.7 Å². The van der Waals surface area contributed by atoms with Gasteiger partial charge in [0.1, 0.15) is 11.6 Å². The average Bonchev–Trinajstić information content (AvgIpc) is 3.83. The molecular formula is C31H36N8. The first kappa shape index (κ1) is 24.3. The topological polar surface area (TPSA) is 73.3 Å². The molecule has 3 fully saturated rings. The molecule has 0 amide bonds. The molecule has 3 aromatic heterocycles. The quantitative estimate of drug-likeness (QED) is 0.360. The lowest BCUT2D eigenvalue weighted by Gasteiger charge is -2.34. The van der Waals surface area contributed by atoms with E-state index in [1.165, 1.54) is 48.7 Å². The molecule has 8 nitrogen and oxygen atoms in total. The molecule has 8 heteroatoms. The summed E-state index contributed by atoms with van der Waals surface area (Å²) in [4.78, 5) is 26.7. The molecule has 0 atom stereocenters. The van der Waals surface area contributed by atoms with Gasteiger partial charge in [0.2, 0.25) is 0 Å². The zero-order valence-electron chi connectivity index (χ0n) is 22.7. The summed E-state index contributed by atoms with van der Waals surface area (Å²) < 4.78 is 0. The molecule has 1 N–H and O–H groups in total. The maximum absolute atomic E-state index is 5.22. The van der Waals surface area contributed by atoms with Gasteiger partial charge in [-0.15, -0.1) is 0 Å². The minimum atomic E-state index is 0.595. The van der Waals surface area contributed by atoms with Crippen molar-refractivity contribution in [3.8, 4) is 11.4 Å². The summed E-state index contributed by atoms with van der Waals surface area (Å²) in [6, 6.07) is 12.7. The fourth-order valence-electron chi connectivity index (χ4n) is 5.89. The van der Waals surface area contributed by atoms with Gasteiger partial charge in [-0.05, 0) is 81.0 Å². The maximum atomic E-state index is 5.22. The number of benzene rings is 1. The Labute approximate surface area is 230 Å².